The summed E-state index contributed by atoms with van der Waals surface area (Å²) in [7, 11) is -3.91. The summed E-state index contributed by atoms with van der Waals surface area (Å²) in [6.45, 7) is -2.93. The largest absolute Gasteiger partial charge is 0.345 e. The lowest BCUT2D eigenvalue weighted by Crippen LogP contribution is -2.42. The molecule has 2 aromatic rings. The quantitative estimate of drug-likeness (QED) is 0.789. The molecule has 0 radical (unpaired) electrons. The molecule has 4 rings (SSSR count). The average molecular weight is 387 g/mol. The van der Waals surface area contributed by atoms with Gasteiger partial charge in [-0.25, -0.2) is 17.5 Å². The standard InChI is InChI=1S/C16H16F3N3O3S/c17-12-8-13(9-4-2-1-3-5-9)22-14(12)20-16(21-22)26(23,24)11-6-10(7-11)25-15(18)19/h1-5,10-13,15H,6-8H2/t10?,11?,12-,13-/m0/s1. The van der Waals surface area contributed by atoms with Gasteiger partial charge in [-0.2, -0.15) is 13.8 Å². The van der Waals surface area contributed by atoms with Gasteiger partial charge in [-0.05, 0) is 18.4 Å². The van der Waals surface area contributed by atoms with Crippen LogP contribution < -0.4 is 0 Å². The molecule has 1 fully saturated rings. The van der Waals surface area contributed by atoms with Crippen molar-refractivity contribution in [1.82, 2.24) is 14.8 Å². The highest BCUT2D eigenvalue weighted by atomic mass is 32.2. The van der Waals surface area contributed by atoms with Gasteiger partial charge in [0.1, 0.15) is 0 Å². The summed E-state index contributed by atoms with van der Waals surface area (Å²) < 4.78 is 69.5. The maximum Gasteiger partial charge on any atom is 0.345 e. The van der Waals surface area contributed by atoms with Gasteiger partial charge >= 0.3 is 6.61 Å². The summed E-state index contributed by atoms with van der Waals surface area (Å²) >= 11 is 0. The molecule has 1 aromatic carbocycles. The van der Waals surface area contributed by atoms with Crippen molar-refractivity contribution in [3.63, 3.8) is 0 Å². The number of halogens is 3. The summed E-state index contributed by atoms with van der Waals surface area (Å²) in [5.74, 6) is -0.0165. The Balaban J connectivity index is 1.58. The monoisotopic (exact) mass is 387 g/mol. The summed E-state index contributed by atoms with van der Waals surface area (Å²) in [6, 6.07) is 8.67. The number of aromatic nitrogens is 3. The Morgan fingerprint density at radius 2 is 1.85 bits per heavy atom. The van der Waals surface area contributed by atoms with Crippen LogP contribution in [0.25, 0.3) is 0 Å². The normalized spacial score (nSPS) is 28.2. The predicted molar refractivity (Wildman–Crippen MR) is 84.2 cm³/mol. The van der Waals surface area contributed by atoms with Gasteiger partial charge in [-0.1, -0.05) is 30.3 Å². The number of ether oxygens (including phenoxy) is 1. The van der Waals surface area contributed by atoms with E-state index in [1.807, 2.05) is 30.3 Å². The lowest BCUT2D eigenvalue weighted by molar-refractivity contribution is -0.179. The molecule has 6 nitrogen and oxygen atoms in total. The second kappa shape index (κ2) is 6.34. The summed E-state index contributed by atoms with van der Waals surface area (Å²) in [4.78, 5) is 3.91. The van der Waals surface area contributed by atoms with Gasteiger partial charge in [-0.3, -0.25) is 0 Å². The first-order valence-electron chi connectivity index (χ1n) is 8.19. The lowest BCUT2D eigenvalue weighted by atomic mass is 9.95. The Morgan fingerprint density at radius 3 is 2.50 bits per heavy atom. The third-order valence-corrected chi connectivity index (χ3v) is 6.81. The molecule has 0 spiro atoms. The fourth-order valence-corrected chi connectivity index (χ4v) is 5.07. The Morgan fingerprint density at radius 1 is 1.15 bits per heavy atom. The van der Waals surface area contributed by atoms with Crippen LogP contribution in [0.5, 0.6) is 0 Å². The van der Waals surface area contributed by atoms with Crippen molar-refractivity contribution in [1.29, 1.82) is 0 Å². The van der Waals surface area contributed by atoms with Crippen molar-refractivity contribution in [3.8, 4) is 0 Å². The molecule has 1 aromatic heterocycles. The number of rotatable bonds is 5. The summed E-state index contributed by atoms with van der Waals surface area (Å²) in [5, 5.41) is 2.71. The molecule has 0 bridgehead atoms. The zero-order valence-electron chi connectivity index (χ0n) is 13.5. The predicted octanol–water partition coefficient (Wildman–Crippen LogP) is 2.83. The van der Waals surface area contributed by atoms with Crippen molar-refractivity contribution >= 4 is 9.84 Å². The first kappa shape index (κ1) is 17.5. The van der Waals surface area contributed by atoms with Crippen LogP contribution in [-0.4, -0.2) is 41.1 Å². The van der Waals surface area contributed by atoms with Crippen LogP contribution in [0.4, 0.5) is 13.2 Å². The van der Waals surface area contributed by atoms with Crippen LogP contribution >= 0.6 is 0 Å². The Labute approximate surface area is 147 Å². The van der Waals surface area contributed by atoms with Gasteiger partial charge in [0.15, 0.2) is 12.0 Å². The molecular weight excluding hydrogens is 371 g/mol. The van der Waals surface area contributed by atoms with Crippen molar-refractivity contribution < 1.29 is 26.3 Å². The molecule has 0 amide bonds. The van der Waals surface area contributed by atoms with Crippen LogP contribution in [0, 0.1) is 0 Å². The SMILES string of the molecule is O=S(=O)(c1nc2n(n1)[C@H](c1ccccc1)C[C@@H]2F)C1CC(OC(F)F)C1. The molecule has 26 heavy (non-hydrogen) atoms. The molecular formula is C16H16F3N3O3S. The van der Waals surface area contributed by atoms with Crippen molar-refractivity contribution in [2.75, 3.05) is 0 Å². The topological polar surface area (TPSA) is 74.1 Å². The Hall–Kier alpha value is -1.94. The average Bonchev–Trinajstić information content (AvgIpc) is 3.12. The number of alkyl halides is 3. The van der Waals surface area contributed by atoms with E-state index < -0.39 is 45.2 Å². The van der Waals surface area contributed by atoms with Crippen molar-refractivity contribution in [2.24, 2.45) is 0 Å². The van der Waals surface area contributed by atoms with E-state index in [0.29, 0.717) is 0 Å². The number of hydrogen-bond acceptors (Lipinski definition) is 5. The molecule has 1 saturated carbocycles. The Bertz CT molecular complexity index is 898. The smallest absolute Gasteiger partial charge is 0.320 e. The highest BCUT2D eigenvalue weighted by Gasteiger charge is 2.45. The molecule has 2 heterocycles. The highest BCUT2D eigenvalue weighted by Crippen LogP contribution is 2.41. The molecule has 140 valence electrons. The zero-order valence-corrected chi connectivity index (χ0v) is 14.3. The minimum atomic E-state index is -3.91. The van der Waals surface area contributed by atoms with E-state index >= 15 is 0 Å². The first-order valence-corrected chi connectivity index (χ1v) is 9.74. The number of nitrogens with zero attached hydrogens (tertiary/aromatic N) is 3. The van der Waals surface area contributed by atoms with Gasteiger partial charge < -0.3 is 4.74 Å². The molecule has 0 saturated heterocycles. The summed E-state index contributed by atoms with van der Waals surface area (Å²) in [6.07, 6.45) is -2.15. The molecule has 1 aliphatic carbocycles. The van der Waals surface area contributed by atoms with Gasteiger partial charge in [-0.15, -0.1) is 5.10 Å². The van der Waals surface area contributed by atoms with E-state index in [1.54, 1.807) is 0 Å². The van der Waals surface area contributed by atoms with Gasteiger partial charge in [0.25, 0.3) is 5.16 Å². The van der Waals surface area contributed by atoms with E-state index in [-0.39, 0.29) is 25.1 Å². The van der Waals surface area contributed by atoms with Gasteiger partial charge in [0.05, 0.1) is 17.4 Å². The van der Waals surface area contributed by atoms with Crippen molar-refractivity contribution in [2.45, 2.75) is 54.6 Å². The molecule has 10 heteroatoms. The van der Waals surface area contributed by atoms with Crippen LogP contribution in [-0.2, 0) is 14.6 Å². The maximum absolute atomic E-state index is 14.3. The molecule has 2 atom stereocenters. The Kier molecular flexibility index (Phi) is 4.26. The number of fused-ring (bicyclic) bond motifs is 1. The number of benzene rings is 1. The summed E-state index contributed by atoms with van der Waals surface area (Å²) in [5.41, 5.74) is 0.816. The lowest BCUT2D eigenvalue weighted by Gasteiger charge is -2.33. The van der Waals surface area contributed by atoms with Gasteiger partial charge in [0.2, 0.25) is 9.84 Å². The van der Waals surface area contributed by atoms with E-state index in [1.165, 1.54) is 4.68 Å². The molecule has 0 unspecified atom stereocenters. The van der Waals surface area contributed by atoms with Crippen LogP contribution in [0.15, 0.2) is 35.5 Å². The number of hydrogen-bond donors (Lipinski definition) is 0. The molecule has 2 aliphatic rings. The highest BCUT2D eigenvalue weighted by molar-refractivity contribution is 7.91. The zero-order chi connectivity index (χ0) is 18.5. The third-order valence-electron chi connectivity index (χ3n) is 4.87. The fraction of sp³-hybridized carbons (Fsp3) is 0.500. The van der Waals surface area contributed by atoms with Gasteiger partial charge in [0, 0.05) is 6.42 Å². The van der Waals surface area contributed by atoms with Crippen LogP contribution in [0.1, 0.15) is 42.9 Å². The second-order valence-electron chi connectivity index (χ2n) is 6.48. The minimum Gasteiger partial charge on any atom is -0.320 e. The maximum atomic E-state index is 14.3. The van der Waals surface area contributed by atoms with E-state index in [0.717, 1.165) is 5.56 Å². The number of sulfone groups is 1. The van der Waals surface area contributed by atoms with Crippen LogP contribution in [0.3, 0.4) is 0 Å². The molecule has 1 aliphatic heterocycles. The van der Waals surface area contributed by atoms with Crippen molar-refractivity contribution in [3.05, 3.63) is 41.7 Å². The molecule has 0 N–H and O–H groups in total. The second-order valence-corrected chi connectivity index (χ2v) is 8.61. The van der Waals surface area contributed by atoms with E-state index in [2.05, 4.69) is 14.8 Å². The minimum absolute atomic E-state index is 0.0165. The van der Waals surface area contributed by atoms with E-state index in [9.17, 15) is 21.6 Å². The fourth-order valence-electron chi connectivity index (χ4n) is 3.41. The third kappa shape index (κ3) is 2.90. The first-order chi connectivity index (χ1) is 12.4. The van der Waals surface area contributed by atoms with Crippen LogP contribution in [0.2, 0.25) is 0 Å². The van der Waals surface area contributed by atoms with E-state index in [4.69, 9.17) is 0 Å².